The van der Waals surface area contributed by atoms with E-state index in [1.807, 2.05) is 4.52 Å². The van der Waals surface area contributed by atoms with Gasteiger partial charge in [-0.3, -0.25) is 0 Å². The summed E-state index contributed by atoms with van der Waals surface area (Å²) >= 11 is 1.70. The van der Waals surface area contributed by atoms with Crippen LogP contribution in [0.25, 0.3) is 4.96 Å². The molecule has 0 radical (unpaired) electrons. The lowest BCUT2D eigenvalue weighted by molar-refractivity contribution is 0.331. The van der Waals surface area contributed by atoms with E-state index in [9.17, 15) is 0 Å². The standard InChI is InChI=1S/C14H23N5S/c1-9(2)14(6-7-15-8-14)11-18-19-10(13(3,4)5)16-17-12(19)20-11/h9,15H,6-8H2,1-5H3. The van der Waals surface area contributed by atoms with Crippen LogP contribution in [-0.2, 0) is 10.8 Å². The molecule has 6 heteroatoms. The normalized spacial score (nSPS) is 24.1. The number of hydrogen-bond acceptors (Lipinski definition) is 5. The van der Waals surface area contributed by atoms with Gasteiger partial charge in [0.15, 0.2) is 5.82 Å². The first-order valence-corrected chi connectivity index (χ1v) is 8.10. The van der Waals surface area contributed by atoms with Gasteiger partial charge in [0.2, 0.25) is 4.96 Å². The van der Waals surface area contributed by atoms with Crippen LogP contribution in [0.15, 0.2) is 0 Å². The third-order valence-electron chi connectivity index (χ3n) is 4.38. The quantitative estimate of drug-likeness (QED) is 0.923. The third-order valence-corrected chi connectivity index (χ3v) is 5.50. The van der Waals surface area contributed by atoms with Crippen LogP contribution in [-0.4, -0.2) is 32.9 Å². The van der Waals surface area contributed by atoms with Crippen LogP contribution >= 0.6 is 11.3 Å². The van der Waals surface area contributed by atoms with E-state index in [1.165, 1.54) is 5.01 Å². The molecule has 0 amide bonds. The zero-order chi connectivity index (χ0) is 14.5. The molecule has 2 aromatic heterocycles. The van der Waals surface area contributed by atoms with Gasteiger partial charge in [0.05, 0.1) is 0 Å². The molecule has 20 heavy (non-hydrogen) atoms. The van der Waals surface area contributed by atoms with Crippen molar-refractivity contribution in [2.24, 2.45) is 5.92 Å². The highest BCUT2D eigenvalue weighted by Gasteiger charge is 2.42. The largest absolute Gasteiger partial charge is 0.316 e. The van der Waals surface area contributed by atoms with Crippen LogP contribution in [0.2, 0.25) is 0 Å². The van der Waals surface area contributed by atoms with E-state index in [4.69, 9.17) is 5.10 Å². The summed E-state index contributed by atoms with van der Waals surface area (Å²) in [6.45, 7) is 13.1. The number of rotatable bonds is 2. The van der Waals surface area contributed by atoms with Crippen LogP contribution in [0.4, 0.5) is 0 Å². The van der Waals surface area contributed by atoms with Gasteiger partial charge in [-0.2, -0.15) is 9.61 Å². The molecule has 1 N–H and O–H groups in total. The fraction of sp³-hybridized carbons (Fsp3) is 0.786. The summed E-state index contributed by atoms with van der Waals surface area (Å²) in [5.74, 6) is 1.51. The fourth-order valence-corrected chi connectivity index (χ4v) is 4.12. The van der Waals surface area contributed by atoms with Crippen LogP contribution in [0.5, 0.6) is 0 Å². The first-order chi connectivity index (χ1) is 9.34. The van der Waals surface area contributed by atoms with Gasteiger partial charge in [-0.15, -0.1) is 10.2 Å². The molecule has 1 fully saturated rings. The second kappa shape index (κ2) is 4.49. The van der Waals surface area contributed by atoms with Gasteiger partial charge >= 0.3 is 0 Å². The predicted molar refractivity (Wildman–Crippen MR) is 81.4 cm³/mol. The summed E-state index contributed by atoms with van der Waals surface area (Å²) in [6, 6.07) is 0. The second-order valence-corrected chi connectivity index (χ2v) is 8.07. The molecule has 0 bridgehead atoms. The Kier molecular flexibility index (Phi) is 3.14. The van der Waals surface area contributed by atoms with Gasteiger partial charge < -0.3 is 5.32 Å². The van der Waals surface area contributed by atoms with Crippen molar-refractivity contribution < 1.29 is 0 Å². The predicted octanol–water partition coefficient (Wildman–Crippen LogP) is 2.37. The topological polar surface area (TPSA) is 55.1 Å². The van der Waals surface area contributed by atoms with Crippen molar-refractivity contribution in [1.82, 2.24) is 25.1 Å². The molecule has 110 valence electrons. The summed E-state index contributed by atoms with van der Waals surface area (Å²) in [6.07, 6.45) is 1.15. The van der Waals surface area contributed by atoms with E-state index >= 15 is 0 Å². The summed E-state index contributed by atoms with van der Waals surface area (Å²) < 4.78 is 1.95. The molecule has 1 aliphatic heterocycles. The zero-order valence-corrected chi connectivity index (χ0v) is 13.7. The molecular weight excluding hydrogens is 270 g/mol. The molecule has 5 nitrogen and oxygen atoms in total. The average molecular weight is 293 g/mol. The van der Waals surface area contributed by atoms with E-state index in [1.54, 1.807) is 11.3 Å². The summed E-state index contributed by atoms with van der Waals surface area (Å²) in [5.41, 5.74) is 0.115. The Morgan fingerprint density at radius 2 is 2.05 bits per heavy atom. The Balaban J connectivity index is 2.12. The highest BCUT2D eigenvalue weighted by atomic mass is 32.1. The maximum Gasteiger partial charge on any atom is 0.234 e. The van der Waals surface area contributed by atoms with E-state index in [-0.39, 0.29) is 10.8 Å². The Bertz CT molecular complexity index is 613. The van der Waals surface area contributed by atoms with Crippen molar-refractivity contribution in [3.05, 3.63) is 10.8 Å². The maximum atomic E-state index is 4.88. The molecule has 1 saturated heterocycles. The summed E-state index contributed by atoms with van der Waals surface area (Å²) in [7, 11) is 0. The number of hydrogen-bond donors (Lipinski definition) is 1. The van der Waals surface area contributed by atoms with E-state index in [2.05, 4.69) is 50.1 Å². The summed E-state index contributed by atoms with van der Waals surface area (Å²) in [5, 5.41) is 18.2. The molecule has 1 aliphatic rings. The Morgan fingerprint density at radius 1 is 1.30 bits per heavy atom. The molecule has 1 atom stereocenters. The average Bonchev–Trinajstić information content (AvgIpc) is 3.01. The smallest absolute Gasteiger partial charge is 0.234 e. The van der Waals surface area contributed by atoms with Gasteiger partial charge in [0.25, 0.3) is 0 Å². The van der Waals surface area contributed by atoms with Crippen LogP contribution in [0, 0.1) is 5.92 Å². The first-order valence-electron chi connectivity index (χ1n) is 7.28. The van der Waals surface area contributed by atoms with Gasteiger partial charge in [0.1, 0.15) is 5.01 Å². The Labute approximate surface area is 123 Å². The minimum Gasteiger partial charge on any atom is -0.316 e. The lowest BCUT2D eigenvalue weighted by atomic mass is 9.77. The van der Waals surface area contributed by atoms with E-state index in [0.29, 0.717) is 5.92 Å². The second-order valence-electron chi connectivity index (χ2n) is 7.11. The van der Waals surface area contributed by atoms with Gasteiger partial charge in [-0.05, 0) is 18.9 Å². The highest BCUT2D eigenvalue weighted by molar-refractivity contribution is 7.16. The third kappa shape index (κ3) is 1.97. The molecule has 0 aromatic carbocycles. The van der Waals surface area contributed by atoms with E-state index < -0.39 is 0 Å². The monoisotopic (exact) mass is 293 g/mol. The van der Waals surface area contributed by atoms with Crippen molar-refractivity contribution >= 4 is 16.3 Å². The molecule has 0 spiro atoms. The maximum absolute atomic E-state index is 4.88. The molecule has 1 unspecified atom stereocenters. The van der Waals surface area contributed by atoms with Crippen LogP contribution in [0.3, 0.4) is 0 Å². The van der Waals surface area contributed by atoms with Gasteiger partial charge in [-0.1, -0.05) is 46.0 Å². The van der Waals surface area contributed by atoms with Crippen LogP contribution in [0.1, 0.15) is 51.9 Å². The van der Waals surface area contributed by atoms with Gasteiger partial charge in [-0.25, -0.2) is 0 Å². The zero-order valence-electron chi connectivity index (χ0n) is 12.9. The molecule has 3 heterocycles. The summed E-state index contributed by atoms with van der Waals surface area (Å²) in [4.78, 5) is 0.914. The van der Waals surface area contributed by atoms with Crippen molar-refractivity contribution in [2.45, 2.75) is 51.9 Å². The lowest BCUT2D eigenvalue weighted by Gasteiger charge is -2.29. The highest BCUT2D eigenvalue weighted by Crippen LogP contribution is 2.40. The molecule has 0 saturated carbocycles. The number of nitrogens with one attached hydrogen (secondary N) is 1. The minimum atomic E-state index is -0.0380. The van der Waals surface area contributed by atoms with Crippen molar-refractivity contribution in [3.8, 4) is 0 Å². The van der Waals surface area contributed by atoms with E-state index in [0.717, 1.165) is 30.3 Å². The number of nitrogens with zero attached hydrogens (tertiary/aromatic N) is 4. The SMILES string of the molecule is CC(C)C1(c2nn3c(C(C)(C)C)nnc3s2)CCNC1. The van der Waals surface area contributed by atoms with Gasteiger partial charge in [0, 0.05) is 17.4 Å². The molecule has 3 rings (SSSR count). The Morgan fingerprint density at radius 3 is 2.60 bits per heavy atom. The van der Waals surface area contributed by atoms with Crippen molar-refractivity contribution in [3.63, 3.8) is 0 Å². The molecular formula is C14H23N5S. The lowest BCUT2D eigenvalue weighted by Crippen LogP contribution is -2.34. The number of aromatic nitrogens is 4. The minimum absolute atomic E-state index is 0.0380. The molecule has 2 aromatic rings. The van der Waals surface area contributed by atoms with Crippen molar-refractivity contribution in [2.75, 3.05) is 13.1 Å². The Hall–Kier alpha value is -1.01. The number of fused-ring (bicyclic) bond motifs is 1. The first kappa shape index (κ1) is 13.9. The fourth-order valence-electron chi connectivity index (χ4n) is 2.92. The molecule has 0 aliphatic carbocycles. The van der Waals surface area contributed by atoms with Crippen molar-refractivity contribution in [1.29, 1.82) is 0 Å². The van der Waals surface area contributed by atoms with Crippen LogP contribution < -0.4 is 5.32 Å².